The summed E-state index contributed by atoms with van der Waals surface area (Å²) in [7, 11) is 0. The summed E-state index contributed by atoms with van der Waals surface area (Å²) in [5, 5.41) is 4.09. The first kappa shape index (κ1) is 22.5. The molecule has 1 aliphatic heterocycles. The van der Waals surface area contributed by atoms with Crippen LogP contribution < -0.4 is 5.32 Å². The van der Waals surface area contributed by atoms with Crippen LogP contribution in [-0.2, 0) is 0 Å². The van der Waals surface area contributed by atoms with Crippen molar-refractivity contribution in [2.45, 2.75) is 51.9 Å². The Bertz CT molecular complexity index is 1030. The molecule has 1 aliphatic rings. The quantitative estimate of drug-likeness (QED) is 0.491. The maximum absolute atomic E-state index is 12.8. The second-order valence-corrected chi connectivity index (χ2v) is 9.82. The highest BCUT2D eigenvalue weighted by Gasteiger charge is 2.28. The molecule has 1 saturated heterocycles. The van der Waals surface area contributed by atoms with Crippen LogP contribution in [0.25, 0.3) is 10.1 Å². The third-order valence-electron chi connectivity index (χ3n) is 6.11. The third kappa shape index (κ3) is 5.18. The van der Waals surface area contributed by atoms with Crippen LogP contribution in [-0.4, -0.2) is 46.3 Å². The summed E-state index contributed by atoms with van der Waals surface area (Å²) >= 11 is 1.48. The Balaban J connectivity index is 1.14. The van der Waals surface area contributed by atoms with Gasteiger partial charge in [-0.15, -0.1) is 11.3 Å². The molecule has 7 nitrogen and oxygen atoms in total. The first-order valence-electron chi connectivity index (χ1n) is 11.4. The molecule has 1 N–H and O–H groups in total. The van der Waals surface area contributed by atoms with Gasteiger partial charge < -0.3 is 14.6 Å². The van der Waals surface area contributed by atoms with E-state index in [0.717, 1.165) is 65.9 Å². The van der Waals surface area contributed by atoms with Crippen molar-refractivity contribution in [3.05, 3.63) is 47.3 Å². The lowest BCUT2D eigenvalue weighted by Gasteiger charge is -2.31. The van der Waals surface area contributed by atoms with Gasteiger partial charge in [0.15, 0.2) is 6.39 Å². The Labute approximate surface area is 192 Å². The van der Waals surface area contributed by atoms with Crippen molar-refractivity contribution >= 4 is 33.2 Å². The molecule has 2 amide bonds. The lowest BCUT2D eigenvalue weighted by Crippen LogP contribution is -2.38. The van der Waals surface area contributed by atoms with E-state index in [2.05, 4.69) is 15.3 Å². The predicted octanol–water partition coefficient (Wildman–Crippen LogP) is 4.86. The summed E-state index contributed by atoms with van der Waals surface area (Å²) in [5.41, 5.74) is 0.742. The van der Waals surface area contributed by atoms with E-state index in [0.29, 0.717) is 18.2 Å². The molecule has 0 atom stereocenters. The Hall–Kier alpha value is -2.74. The van der Waals surface area contributed by atoms with E-state index in [-0.39, 0.29) is 17.7 Å². The van der Waals surface area contributed by atoms with Crippen molar-refractivity contribution < 1.29 is 14.0 Å². The molecule has 8 heteroatoms. The van der Waals surface area contributed by atoms with Gasteiger partial charge in [0.1, 0.15) is 0 Å². The Morgan fingerprint density at radius 2 is 2.09 bits per heavy atom. The normalized spacial score (nSPS) is 14.9. The Kier molecular flexibility index (Phi) is 7.19. The van der Waals surface area contributed by atoms with Gasteiger partial charge in [-0.3, -0.25) is 14.6 Å². The number of piperidine rings is 1. The number of likely N-dealkylation sites (tertiary alicyclic amines) is 1. The highest BCUT2D eigenvalue weighted by Crippen LogP contribution is 2.26. The number of carbonyl (C=O) groups excluding carboxylic acids is 2. The maximum Gasteiger partial charge on any atom is 0.291 e. The van der Waals surface area contributed by atoms with E-state index in [1.54, 1.807) is 12.4 Å². The van der Waals surface area contributed by atoms with Gasteiger partial charge in [-0.2, -0.15) is 0 Å². The molecule has 0 aliphatic carbocycles. The standard InChI is InChI=1S/C24H30N4O3S/c1-16(2)21-22(31-15-27-21)24(30)28-11-7-17(8-12-28)5-3-4-9-26-23(29)19-13-18-6-10-25-14-20(18)32-19/h6,10,13-17H,3-5,7-9,11-12H2,1-2H3,(H,26,29). The van der Waals surface area contributed by atoms with Gasteiger partial charge in [0.2, 0.25) is 5.76 Å². The lowest BCUT2D eigenvalue weighted by molar-refractivity contribution is 0.0651. The highest BCUT2D eigenvalue weighted by molar-refractivity contribution is 7.20. The zero-order chi connectivity index (χ0) is 22.5. The number of nitrogens with one attached hydrogen (secondary N) is 1. The van der Waals surface area contributed by atoms with Gasteiger partial charge >= 0.3 is 0 Å². The summed E-state index contributed by atoms with van der Waals surface area (Å²) < 4.78 is 6.42. The third-order valence-corrected chi connectivity index (χ3v) is 7.19. The van der Waals surface area contributed by atoms with Crippen LogP contribution in [0.1, 0.15) is 77.8 Å². The van der Waals surface area contributed by atoms with Crippen LogP contribution in [0.3, 0.4) is 0 Å². The lowest BCUT2D eigenvalue weighted by atomic mass is 9.91. The fraction of sp³-hybridized carbons (Fsp3) is 0.500. The molecule has 0 saturated carbocycles. The van der Waals surface area contributed by atoms with E-state index in [9.17, 15) is 9.59 Å². The van der Waals surface area contributed by atoms with Gasteiger partial charge in [0, 0.05) is 32.0 Å². The van der Waals surface area contributed by atoms with Crippen LogP contribution in [0.4, 0.5) is 0 Å². The average Bonchev–Trinajstić information content (AvgIpc) is 3.46. The number of thiophene rings is 1. The second-order valence-electron chi connectivity index (χ2n) is 8.73. The fourth-order valence-electron chi connectivity index (χ4n) is 4.24. The highest BCUT2D eigenvalue weighted by atomic mass is 32.1. The topological polar surface area (TPSA) is 88.3 Å². The van der Waals surface area contributed by atoms with Crippen molar-refractivity contribution in [1.29, 1.82) is 0 Å². The molecule has 170 valence electrons. The van der Waals surface area contributed by atoms with Gasteiger partial charge in [-0.25, -0.2) is 4.98 Å². The molecule has 1 fully saturated rings. The number of unbranched alkanes of at least 4 members (excludes halogenated alkanes) is 1. The molecule has 0 bridgehead atoms. The largest absolute Gasteiger partial charge is 0.438 e. The number of carbonyl (C=O) groups is 2. The van der Waals surface area contributed by atoms with Gasteiger partial charge in [0.05, 0.1) is 15.3 Å². The van der Waals surface area contributed by atoms with Crippen LogP contribution in [0.5, 0.6) is 0 Å². The van der Waals surface area contributed by atoms with E-state index < -0.39 is 0 Å². The minimum Gasteiger partial charge on any atom is -0.438 e. The summed E-state index contributed by atoms with van der Waals surface area (Å²) in [6, 6.07) is 3.85. The van der Waals surface area contributed by atoms with Gasteiger partial charge in [0.25, 0.3) is 11.8 Å². The van der Waals surface area contributed by atoms with Gasteiger partial charge in [-0.1, -0.05) is 26.7 Å². The number of hydrogen-bond donors (Lipinski definition) is 1. The maximum atomic E-state index is 12.8. The monoisotopic (exact) mass is 454 g/mol. The summed E-state index contributed by atoms with van der Waals surface area (Å²) in [4.78, 5) is 36.1. The minimum absolute atomic E-state index is 0.00814. The Morgan fingerprint density at radius 1 is 1.28 bits per heavy atom. The van der Waals surface area contributed by atoms with Crippen molar-refractivity contribution in [1.82, 2.24) is 20.2 Å². The van der Waals surface area contributed by atoms with Crippen LogP contribution in [0.2, 0.25) is 0 Å². The van der Waals surface area contributed by atoms with Crippen molar-refractivity contribution in [3.8, 4) is 0 Å². The van der Waals surface area contributed by atoms with E-state index in [1.165, 1.54) is 17.7 Å². The summed E-state index contributed by atoms with van der Waals surface area (Å²) in [5.74, 6) is 1.14. The van der Waals surface area contributed by atoms with Gasteiger partial charge in [-0.05, 0) is 48.6 Å². The summed E-state index contributed by atoms with van der Waals surface area (Å²) in [6.07, 6.45) is 10.1. The minimum atomic E-state index is -0.0376. The Morgan fingerprint density at radius 3 is 2.84 bits per heavy atom. The van der Waals surface area contributed by atoms with Crippen LogP contribution in [0.15, 0.2) is 35.3 Å². The molecule has 3 aromatic rings. The molecule has 0 aromatic carbocycles. The smallest absolute Gasteiger partial charge is 0.291 e. The predicted molar refractivity (Wildman–Crippen MR) is 125 cm³/mol. The molecular formula is C24H30N4O3S. The molecular weight excluding hydrogens is 424 g/mol. The van der Waals surface area contributed by atoms with Crippen molar-refractivity contribution in [2.75, 3.05) is 19.6 Å². The zero-order valence-corrected chi connectivity index (χ0v) is 19.5. The molecule has 4 rings (SSSR count). The van der Waals surface area contributed by atoms with E-state index >= 15 is 0 Å². The SMILES string of the molecule is CC(C)c1ncoc1C(=O)N1CCC(CCCCNC(=O)c2cc3ccncc3s2)CC1. The average molecular weight is 455 g/mol. The molecule has 0 spiro atoms. The fourth-order valence-corrected chi connectivity index (χ4v) is 5.18. The zero-order valence-electron chi connectivity index (χ0n) is 18.7. The molecule has 0 unspecified atom stereocenters. The molecule has 3 aromatic heterocycles. The number of rotatable bonds is 8. The first-order valence-corrected chi connectivity index (χ1v) is 12.2. The number of oxazole rings is 1. The molecule has 0 radical (unpaired) electrons. The number of amides is 2. The summed E-state index contributed by atoms with van der Waals surface area (Å²) in [6.45, 7) is 6.25. The van der Waals surface area contributed by atoms with Crippen LogP contribution >= 0.6 is 11.3 Å². The number of fused-ring (bicyclic) bond motifs is 1. The molecule has 4 heterocycles. The van der Waals surface area contributed by atoms with E-state index in [4.69, 9.17) is 4.42 Å². The molecule has 32 heavy (non-hydrogen) atoms. The number of aromatic nitrogens is 2. The van der Waals surface area contributed by atoms with E-state index in [1.807, 2.05) is 30.9 Å². The van der Waals surface area contributed by atoms with Crippen molar-refractivity contribution in [3.63, 3.8) is 0 Å². The number of nitrogens with zero attached hydrogens (tertiary/aromatic N) is 3. The number of pyridine rings is 1. The number of hydrogen-bond acceptors (Lipinski definition) is 6. The van der Waals surface area contributed by atoms with Crippen molar-refractivity contribution in [2.24, 2.45) is 5.92 Å². The second kappa shape index (κ2) is 10.3. The first-order chi connectivity index (χ1) is 15.5. The van der Waals surface area contributed by atoms with Crippen LogP contribution in [0, 0.1) is 5.92 Å².